The first-order valence-electron chi connectivity index (χ1n) is 11.0. The number of thioether (sulfide) groups is 1. The van der Waals surface area contributed by atoms with Crippen LogP contribution in [-0.2, 0) is 10.5 Å². The van der Waals surface area contributed by atoms with Crippen LogP contribution in [0.3, 0.4) is 0 Å². The third kappa shape index (κ3) is 4.34. The van der Waals surface area contributed by atoms with Crippen LogP contribution < -0.4 is 5.32 Å². The third-order valence-corrected chi connectivity index (χ3v) is 7.07. The second-order valence-corrected chi connectivity index (χ2v) is 10.3. The van der Waals surface area contributed by atoms with E-state index >= 15 is 0 Å². The van der Waals surface area contributed by atoms with E-state index in [4.69, 9.17) is 0 Å². The number of phenolic OH excluding ortho intramolecular Hbond substituents is 2. The van der Waals surface area contributed by atoms with Crippen molar-refractivity contribution in [1.29, 1.82) is 0 Å². The largest absolute Gasteiger partial charge is 0.504 e. The number of nitro benzene ring substituents is 1. The summed E-state index contributed by atoms with van der Waals surface area (Å²) in [6, 6.07) is 10.3. The van der Waals surface area contributed by atoms with Gasteiger partial charge in [-0.15, -0.1) is 5.10 Å². The smallest absolute Gasteiger partial charge is 0.269 e. The summed E-state index contributed by atoms with van der Waals surface area (Å²) >= 11 is 1.37. The summed E-state index contributed by atoms with van der Waals surface area (Å²) in [5.74, 6) is -0.0175. The van der Waals surface area contributed by atoms with Gasteiger partial charge in [0.25, 0.3) is 5.69 Å². The Balaban J connectivity index is 1.50. The van der Waals surface area contributed by atoms with Crippen LogP contribution in [0, 0.1) is 21.4 Å². The monoisotopic (exact) mass is 493 g/mol. The molecule has 5 rings (SSSR count). The maximum atomic E-state index is 13.3. The first kappa shape index (κ1) is 22.9. The molecule has 3 aromatic rings. The molecule has 0 unspecified atom stereocenters. The van der Waals surface area contributed by atoms with Crippen LogP contribution in [0.15, 0.2) is 59.4 Å². The van der Waals surface area contributed by atoms with Crippen LogP contribution in [-0.4, -0.2) is 35.7 Å². The Bertz CT molecular complexity index is 1370. The quantitative estimate of drug-likeness (QED) is 0.204. The van der Waals surface area contributed by atoms with Crippen molar-refractivity contribution in [3.8, 4) is 11.5 Å². The Morgan fingerprint density at radius 2 is 1.94 bits per heavy atom. The first-order valence-corrected chi connectivity index (χ1v) is 12.0. The molecular weight excluding hydrogens is 470 g/mol. The second-order valence-electron chi connectivity index (χ2n) is 9.40. The Hall–Kier alpha value is -3.86. The molecule has 0 saturated carbocycles. The molecule has 180 valence electrons. The number of phenols is 2. The number of carbonyl (C=O) groups is 1. The van der Waals surface area contributed by atoms with Gasteiger partial charge in [-0.25, -0.2) is 4.68 Å². The van der Waals surface area contributed by atoms with Gasteiger partial charge in [0.1, 0.15) is 5.78 Å². The minimum Gasteiger partial charge on any atom is -0.504 e. The summed E-state index contributed by atoms with van der Waals surface area (Å²) in [7, 11) is 0. The van der Waals surface area contributed by atoms with E-state index in [0.29, 0.717) is 28.8 Å². The Morgan fingerprint density at radius 1 is 1.20 bits per heavy atom. The maximum absolute atomic E-state index is 13.3. The summed E-state index contributed by atoms with van der Waals surface area (Å²) in [4.78, 5) is 28.3. The average molecular weight is 494 g/mol. The molecule has 1 aromatic heterocycles. The molecule has 2 aliphatic rings. The van der Waals surface area contributed by atoms with E-state index < -0.39 is 16.9 Å². The number of non-ortho nitro benzene ring substituents is 1. The molecule has 1 aliphatic carbocycles. The highest BCUT2D eigenvalue weighted by Crippen LogP contribution is 2.46. The summed E-state index contributed by atoms with van der Waals surface area (Å²) in [6.45, 7) is 4.00. The molecule has 2 heterocycles. The van der Waals surface area contributed by atoms with E-state index in [1.807, 2.05) is 19.9 Å². The fourth-order valence-electron chi connectivity index (χ4n) is 4.59. The van der Waals surface area contributed by atoms with E-state index in [1.54, 1.807) is 22.9 Å². The lowest BCUT2D eigenvalue weighted by Gasteiger charge is -2.40. The van der Waals surface area contributed by atoms with Crippen molar-refractivity contribution in [1.82, 2.24) is 14.8 Å². The molecule has 35 heavy (non-hydrogen) atoms. The molecule has 0 saturated heterocycles. The van der Waals surface area contributed by atoms with E-state index in [0.717, 1.165) is 11.3 Å². The average Bonchev–Trinajstić information content (AvgIpc) is 3.20. The van der Waals surface area contributed by atoms with E-state index in [1.165, 1.54) is 36.0 Å². The minimum absolute atomic E-state index is 0.0296. The molecule has 2 aromatic carbocycles. The number of rotatable bonds is 5. The van der Waals surface area contributed by atoms with Crippen LogP contribution in [0.2, 0.25) is 0 Å². The molecule has 11 heteroatoms. The van der Waals surface area contributed by atoms with Gasteiger partial charge in [0.05, 0.1) is 16.9 Å². The van der Waals surface area contributed by atoms with Crippen molar-refractivity contribution in [2.45, 2.75) is 37.2 Å². The molecule has 2 atom stereocenters. The van der Waals surface area contributed by atoms with Gasteiger partial charge in [0, 0.05) is 30.0 Å². The Kier molecular flexibility index (Phi) is 5.51. The van der Waals surface area contributed by atoms with Crippen molar-refractivity contribution < 1.29 is 19.9 Å². The molecule has 0 radical (unpaired) electrons. The van der Waals surface area contributed by atoms with Crippen molar-refractivity contribution in [3.63, 3.8) is 0 Å². The Labute approximate surface area is 204 Å². The van der Waals surface area contributed by atoms with Gasteiger partial charge in [-0.2, -0.15) is 4.98 Å². The van der Waals surface area contributed by atoms with Crippen molar-refractivity contribution in [3.05, 3.63) is 75.5 Å². The third-order valence-electron chi connectivity index (χ3n) is 6.16. The standard InChI is InChI=1S/C24H23N5O5S/c1-24(2)10-16-20(19(32)11-24)21(14-5-8-17(30)18(31)9-14)28-22(25-16)26-23(27-28)35-12-13-3-6-15(7-4-13)29(33)34/h3-10,20-21,30-31H,11-12H2,1-2H3,(H,25,26,27)/t20-,21-/m1/s1. The van der Waals surface area contributed by atoms with Gasteiger partial charge >= 0.3 is 0 Å². The summed E-state index contributed by atoms with van der Waals surface area (Å²) in [5.41, 5.74) is 1.98. The normalized spacial score (nSPS) is 20.4. The van der Waals surface area contributed by atoms with E-state index in [9.17, 15) is 25.1 Å². The number of Topliss-reactive ketones (excluding diaryl/α,β-unsaturated/α-hetero) is 1. The number of fused-ring (bicyclic) bond motifs is 2. The molecule has 10 nitrogen and oxygen atoms in total. The minimum atomic E-state index is -0.547. The summed E-state index contributed by atoms with van der Waals surface area (Å²) in [6.07, 6.45) is 2.42. The fraction of sp³-hybridized carbons (Fsp3) is 0.292. The maximum Gasteiger partial charge on any atom is 0.269 e. The highest BCUT2D eigenvalue weighted by molar-refractivity contribution is 7.98. The number of nitrogens with one attached hydrogen (secondary N) is 1. The lowest BCUT2D eigenvalue weighted by Crippen LogP contribution is -2.42. The lowest BCUT2D eigenvalue weighted by molar-refractivity contribution is -0.384. The highest BCUT2D eigenvalue weighted by atomic mass is 32.2. The summed E-state index contributed by atoms with van der Waals surface area (Å²) in [5, 5.41) is 39.2. The molecule has 0 spiro atoms. The summed E-state index contributed by atoms with van der Waals surface area (Å²) < 4.78 is 1.65. The SMILES string of the molecule is CC1(C)C=C2Nc3nc(SCc4ccc([N+](=O)[O-])cc4)nn3[C@H](c3ccc(O)c(O)c3)[C@H]2C(=O)C1. The molecule has 3 N–H and O–H groups in total. The zero-order chi connectivity index (χ0) is 24.9. The van der Waals surface area contributed by atoms with Crippen molar-refractivity contribution in [2.75, 3.05) is 5.32 Å². The van der Waals surface area contributed by atoms with Gasteiger partial charge in [-0.1, -0.05) is 49.9 Å². The van der Waals surface area contributed by atoms with Gasteiger partial charge in [0.2, 0.25) is 11.1 Å². The number of aromatic nitrogens is 3. The molecule has 0 fully saturated rings. The first-order chi connectivity index (χ1) is 16.6. The van der Waals surface area contributed by atoms with Crippen molar-refractivity contribution >= 4 is 29.2 Å². The zero-order valence-electron chi connectivity index (χ0n) is 19.0. The number of benzene rings is 2. The number of hydrogen-bond donors (Lipinski definition) is 3. The van der Waals surface area contributed by atoms with E-state index in [-0.39, 0.29) is 28.4 Å². The number of carbonyl (C=O) groups excluding carboxylic acids is 1. The number of ketones is 1. The van der Waals surface area contributed by atoms with Crippen LogP contribution >= 0.6 is 11.8 Å². The van der Waals surface area contributed by atoms with Crippen molar-refractivity contribution in [2.24, 2.45) is 11.3 Å². The molecule has 0 amide bonds. The molecule has 0 bridgehead atoms. The lowest BCUT2D eigenvalue weighted by atomic mass is 9.72. The number of allylic oxidation sites excluding steroid dienone is 2. The van der Waals surface area contributed by atoms with E-state index in [2.05, 4.69) is 15.4 Å². The van der Waals surface area contributed by atoms with Gasteiger partial charge in [-0.3, -0.25) is 14.9 Å². The number of nitro groups is 1. The number of hydrogen-bond acceptors (Lipinski definition) is 9. The highest BCUT2D eigenvalue weighted by Gasteiger charge is 2.45. The second kappa shape index (κ2) is 8.42. The van der Waals surface area contributed by atoms with Gasteiger partial charge in [-0.05, 0) is 28.7 Å². The van der Waals surface area contributed by atoms with Crippen LogP contribution in [0.25, 0.3) is 0 Å². The predicted octanol–water partition coefficient (Wildman–Crippen LogP) is 4.40. The van der Waals surface area contributed by atoms with Crippen LogP contribution in [0.5, 0.6) is 11.5 Å². The van der Waals surface area contributed by atoms with Crippen LogP contribution in [0.1, 0.15) is 37.4 Å². The Morgan fingerprint density at radius 3 is 2.63 bits per heavy atom. The molecule has 1 aliphatic heterocycles. The van der Waals surface area contributed by atoms with Gasteiger partial charge < -0.3 is 15.5 Å². The molecular formula is C24H23N5O5S. The predicted molar refractivity (Wildman–Crippen MR) is 129 cm³/mol. The number of anilines is 1. The number of nitrogens with zero attached hydrogens (tertiary/aromatic N) is 4. The topological polar surface area (TPSA) is 143 Å². The fourth-order valence-corrected chi connectivity index (χ4v) is 5.37. The van der Waals surface area contributed by atoms with Crippen LogP contribution in [0.4, 0.5) is 11.6 Å². The van der Waals surface area contributed by atoms with Gasteiger partial charge in [0.15, 0.2) is 11.5 Å². The number of aromatic hydroxyl groups is 2. The zero-order valence-corrected chi connectivity index (χ0v) is 19.8.